The molecule has 114 valence electrons. The third-order valence-electron chi connectivity index (χ3n) is 3.42. The van der Waals surface area contributed by atoms with Gasteiger partial charge in [-0.3, -0.25) is 4.79 Å². The summed E-state index contributed by atoms with van der Waals surface area (Å²) in [5.74, 6) is 0.391. The van der Waals surface area contributed by atoms with E-state index in [0.29, 0.717) is 23.1 Å². The van der Waals surface area contributed by atoms with Crippen molar-refractivity contribution in [1.82, 2.24) is 9.97 Å². The van der Waals surface area contributed by atoms with Crippen molar-refractivity contribution in [2.45, 2.75) is 18.9 Å². The first-order valence-electron chi connectivity index (χ1n) is 6.88. The molecule has 1 N–H and O–H groups in total. The molecule has 0 atom stereocenters. The Bertz CT molecular complexity index is 718. The normalized spacial score (nSPS) is 13.8. The molecule has 7 heteroatoms. The smallest absolute Gasteiger partial charge is 0.261 e. The lowest BCUT2D eigenvalue weighted by molar-refractivity contribution is 0.0993. The van der Waals surface area contributed by atoms with E-state index < -0.39 is 0 Å². The molecule has 0 bridgehead atoms. The standard InChI is InChI=1S/C15H14Cl2N4O/c1-21(11-6-7-12(16)20-13(11)17)15(22)10-3-2-8-18-14(10)19-9-4-5-9/h2-3,6-9H,4-5H2,1H3,(H,18,19). The van der Waals surface area contributed by atoms with Crippen LogP contribution < -0.4 is 10.2 Å². The molecule has 3 rings (SSSR count). The third-order valence-corrected chi connectivity index (χ3v) is 3.91. The first-order chi connectivity index (χ1) is 10.6. The van der Waals surface area contributed by atoms with Gasteiger partial charge in [0, 0.05) is 19.3 Å². The summed E-state index contributed by atoms with van der Waals surface area (Å²) in [4.78, 5) is 22.4. The van der Waals surface area contributed by atoms with E-state index in [2.05, 4.69) is 15.3 Å². The number of anilines is 2. The van der Waals surface area contributed by atoms with E-state index in [0.717, 1.165) is 12.8 Å². The highest BCUT2D eigenvalue weighted by Crippen LogP contribution is 2.29. The molecular weight excluding hydrogens is 323 g/mol. The maximum absolute atomic E-state index is 12.7. The zero-order chi connectivity index (χ0) is 15.7. The minimum atomic E-state index is -0.206. The van der Waals surface area contributed by atoms with E-state index in [9.17, 15) is 4.79 Å². The van der Waals surface area contributed by atoms with Gasteiger partial charge in [-0.15, -0.1) is 0 Å². The quantitative estimate of drug-likeness (QED) is 0.866. The lowest BCUT2D eigenvalue weighted by Crippen LogP contribution is -2.28. The highest BCUT2D eigenvalue weighted by atomic mass is 35.5. The van der Waals surface area contributed by atoms with Crippen LogP contribution in [0.2, 0.25) is 10.3 Å². The van der Waals surface area contributed by atoms with Gasteiger partial charge in [0.2, 0.25) is 0 Å². The molecule has 1 fully saturated rings. The van der Waals surface area contributed by atoms with Gasteiger partial charge < -0.3 is 10.2 Å². The van der Waals surface area contributed by atoms with Crippen molar-refractivity contribution in [2.24, 2.45) is 0 Å². The van der Waals surface area contributed by atoms with E-state index in [1.807, 2.05) is 0 Å². The summed E-state index contributed by atoms with van der Waals surface area (Å²) in [7, 11) is 1.65. The molecule has 1 aliphatic rings. The van der Waals surface area contributed by atoms with Crippen LogP contribution in [0, 0.1) is 0 Å². The van der Waals surface area contributed by atoms with Crippen LogP contribution in [0.25, 0.3) is 0 Å². The number of amides is 1. The summed E-state index contributed by atoms with van der Waals surface area (Å²) in [6.45, 7) is 0. The van der Waals surface area contributed by atoms with Gasteiger partial charge in [0.15, 0.2) is 5.15 Å². The van der Waals surface area contributed by atoms with Crippen LogP contribution in [0.1, 0.15) is 23.2 Å². The Hall–Kier alpha value is -1.85. The number of nitrogens with zero attached hydrogens (tertiary/aromatic N) is 3. The van der Waals surface area contributed by atoms with Crippen LogP contribution in [0.15, 0.2) is 30.5 Å². The molecule has 1 aliphatic carbocycles. The average Bonchev–Trinajstić information content (AvgIpc) is 3.30. The number of pyridine rings is 2. The Morgan fingerprint density at radius 1 is 1.32 bits per heavy atom. The molecule has 0 saturated heterocycles. The topological polar surface area (TPSA) is 58.1 Å². The fraction of sp³-hybridized carbons (Fsp3) is 0.267. The summed E-state index contributed by atoms with van der Waals surface area (Å²) in [5.41, 5.74) is 1.00. The molecule has 22 heavy (non-hydrogen) atoms. The van der Waals surface area contributed by atoms with Crippen LogP contribution in [-0.4, -0.2) is 29.0 Å². The van der Waals surface area contributed by atoms with E-state index in [1.165, 1.54) is 4.90 Å². The highest BCUT2D eigenvalue weighted by molar-refractivity contribution is 6.34. The minimum Gasteiger partial charge on any atom is -0.367 e. The van der Waals surface area contributed by atoms with Gasteiger partial charge in [-0.2, -0.15) is 0 Å². The summed E-state index contributed by atoms with van der Waals surface area (Å²) in [6, 6.07) is 7.15. The maximum Gasteiger partial charge on any atom is 0.261 e. The maximum atomic E-state index is 12.7. The summed E-state index contributed by atoms with van der Waals surface area (Å²) >= 11 is 11.9. The molecule has 1 amide bonds. The first-order valence-corrected chi connectivity index (χ1v) is 7.63. The van der Waals surface area contributed by atoms with Crippen LogP contribution in [0.5, 0.6) is 0 Å². The van der Waals surface area contributed by atoms with Crippen molar-refractivity contribution in [3.63, 3.8) is 0 Å². The molecule has 0 aliphatic heterocycles. The molecule has 2 aromatic heterocycles. The lowest BCUT2D eigenvalue weighted by atomic mass is 10.2. The van der Waals surface area contributed by atoms with E-state index in [-0.39, 0.29) is 16.2 Å². The molecule has 1 saturated carbocycles. The molecule has 0 radical (unpaired) electrons. The van der Waals surface area contributed by atoms with Gasteiger partial charge >= 0.3 is 0 Å². The molecule has 0 unspecified atom stereocenters. The Morgan fingerprint density at radius 3 is 2.77 bits per heavy atom. The van der Waals surface area contributed by atoms with Gasteiger partial charge in [-0.25, -0.2) is 9.97 Å². The number of rotatable bonds is 4. The predicted octanol–water partition coefficient (Wildman–Crippen LogP) is 3.63. The van der Waals surface area contributed by atoms with Gasteiger partial charge in [-0.05, 0) is 37.1 Å². The van der Waals surface area contributed by atoms with Gasteiger partial charge in [0.05, 0.1) is 11.3 Å². The zero-order valence-corrected chi connectivity index (χ0v) is 13.4. The number of aromatic nitrogens is 2. The second-order valence-electron chi connectivity index (χ2n) is 5.13. The number of carbonyl (C=O) groups excluding carboxylic acids is 1. The number of nitrogens with one attached hydrogen (secondary N) is 1. The second kappa shape index (κ2) is 6.10. The van der Waals surface area contributed by atoms with Gasteiger partial charge in [-0.1, -0.05) is 23.2 Å². The van der Waals surface area contributed by atoms with Crippen LogP contribution >= 0.6 is 23.2 Å². The predicted molar refractivity (Wildman–Crippen MR) is 87.9 cm³/mol. The largest absolute Gasteiger partial charge is 0.367 e. The fourth-order valence-corrected chi connectivity index (χ4v) is 2.53. The highest BCUT2D eigenvalue weighted by Gasteiger charge is 2.25. The van der Waals surface area contributed by atoms with Gasteiger partial charge in [0.25, 0.3) is 5.91 Å². The van der Waals surface area contributed by atoms with Crippen LogP contribution in [0.4, 0.5) is 11.5 Å². The van der Waals surface area contributed by atoms with E-state index in [1.54, 1.807) is 37.5 Å². The van der Waals surface area contributed by atoms with Crippen molar-refractivity contribution in [2.75, 3.05) is 17.3 Å². The van der Waals surface area contributed by atoms with Crippen LogP contribution in [-0.2, 0) is 0 Å². The monoisotopic (exact) mass is 336 g/mol. The zero-order valence-electron chi connectivity index (χ0n) is 11.9. The third kappa shape index (κ3) is 3.15. The van der Waals surface area contributed by atoms with E-state index in [4.69, 9.17) is 23.2 Å². The first kappa shape index (κ1) is 15.1. The Morgan fingerprint density at radius 2 is 2.09 bits per heavy atom. The van der Waals surface area contributed by atoms with Gasteiger partial charge in [0.1, 0.15) is 11.0 Å². The molecule has 2 aromatic rings. The minimum absolute atomic E-state index is 0.184. The Balaban J connectivity index is 1.89. The average molecular weight is 337 g/mol. The number of halogens is 2. The number of carbonyl (C=O) groups is 1. The molecule has 0 spiro atoms. The van der Waals surface area contributed by atoms with Crippen molar-refractivity contribution in [1.29, 1.82) is 0 Å². The Kier molecular flexibility index (Phi) is 4.18. The van der Waals surface area contributed by atoms with Crippen molar-refractivity contribution in [3.05, 3.63) is 46.3 Å². The van der Waals surface area contributed by atoms with Crippen molar-refractivity contribution >= 4 is 40.6 Å². The summed E-state index contributed by atoms with van der Waals surface area (Å²) in [5, 5.41) is 3.74. The second-order valence-corrected chi connectivity index (χ2v) is 5.87. The molecule has 5 nitrogen and oxygen atoms in total. The van der Waals surface area contributed by atoms with Crippen molar-refractivity contribution < 1.29 is 4.79 Å². The molecule has 0 aromatic carbocycles. The molecular formula is C15H14Cl2N4O. The summed E-state index contributed by atoms with van der Waals surface area (Å²) < 4.78 is 0. The SMILES string of the molecule is CN(C(=O)c1cccnc1NC1CC1)c1ccc(Cl)nc1Cl. The Labute approximate surface area is 138 Å². The fourth-order valence-electron chi connectivity index (χ4n) is 2.06. The number of hydrogen-bond donors (Lipinski definition) is 1. The number of hydrogen-bond acceptors (Lipinski definition) is 4. The lowest BCUT2D eigenvalue weighted by Gasteiger charge is -2.19. The molecule has 2 heterocycles. The summed E-state index contributed by atoms with van der Waals surface area (Å²) in [6.07, 6.45) is 3.87. The van der Waals surface area contributed by atoms with Crippen molar-refractivity contribution in [3.8, 4) is 0 Å². The van der Waals surface area contributed by atoms with E-state index >= 15 is 0 Å². The van der Waals surface area contributed by atoms with Crippen LogP contribution in [0.3, 0.4) is 0 Å².